The summed E-state index contributed by atoms with van der Waals surface area (Å²) in [6.07, 6.45) is 3.23. The van der Waals surface area contributed by atoms with Crippen LogP contribution in [0.25, 0.3) is 0 Å². The van der Waals surface area contributed by atoms with E-state index in [0.29, 0.717) is 12.4 Å². The number of halogens is 1. The fourth-order valence-electron chi connectivity index (χ4n) is 2.07. The molecule has 25 heavy (non-hydrogen) atoms. The molecule has 0 aromatic heterocycles. The van der Waals surface area contributed by atoms with Crippen molar-refractivity contribution >= 4 is 35.6 Å². The molecule has 0 aliphatic heterocycles. The highest BCUT2D eigenvalue weighted by atomic mass is 127. The van der Waals surface area contributed by atoms with Crippen LogP contribution >= 0.6 is 24.0 Å². The van der Waals surface area contributed by atoms with Gasteiger partial charge in [0, 0.05) is 38.6 Å². The quantitative estimate of drug-likeness (QED) is 0.225. The standard InChI is InChI=1S/C18H31N3O3.HI/c1-5-7-12-23-13-8-11-20-18(19-3)21-15-9-10-16(22-4)17(14-15)24-6-2;/h9-10,14H,5-8,11-13H2,1-4H3,(H2,19,20,21);1H. The maximum Gasteiger partial charge on any atom is 0.195 e. The minimum absolute atomic E-state index is 0. The van der Waals surface area contributed by atoms with E-state index in [2.05, 4.69) is 22.5 Å². The van der Waals surface area contributed by atoms with Gasteiger partial charge in [0.05, 0.1) is 13.7 Å². The van der Waals surface area contributed by atoms with Gasteiger partial charge in [-0.1, -0.05) is 13.3 Å². The smallest absolute Gasteiger partial charge is 0.195 e. The first-order valence-electron chi connectivity index (χ1n) is 8.61. The number of aliphatic imine (C=N–C) groups is 1. The van der Waals surface area contributed by atoms with Gasteiger partial charge in [-0.05, 0) is 31.9 Å². The number of nitrogens with one attached hydrogen (secondary N) is 2. The molecule has 0 spiro atoms. The van der Waals surface area contributed by atoms with Crippen LogP contribution < -0.4 is 20.1 Å². The van der Waals surface area contributed by atoms with Crippen molar-refractivity contribution in [3.8, 4) is 11.5 Å². The highest BCUT2D eigenvalue weighted by molar-refractivity contribution is 14.0. The largest absolute Gasteiger partial charge is 0.493 e. The second kappa shape index (κ2) is 15.1. The van der Waals surface area contributed by atoms with E-state index in [0.717, 1.165) is 50.0 Å². The average molecular weight is 465 g/mol. The summed E-state index contributed by atoms with van der Waals surface area (Å²) in [6, 6.07) is 5.72. The molecule has 1 rings (SSSR count). The predicted octanol–water partition coefficient (Wildman–Crippen LogP) is 3.91. The number of hydrogen-bond acceptors (Lipinski definition) is 4. The number of unbranched alkanes of at least 4 members (excludes halogenated alkanes) is 1. The van der Waals surface area contributed by atoms with E-state index in [1.54, 1.807) is 14.2 Å². The monoisotopic (exact) mass is 465 g/mol. The second-order valence-corrected chi connectivity index (χ2v) is 5.24. The van der Waals surface area contributed by atoms with Crippen molar-refractivity contribution in [2.75, 3.05) is 45.8 Å². The summed E-state index contributed by atoms with van der Waals surface area (Å²) < 4.78 is 16.4. The van der Waals surface area contributed by atoms with Gasteiger partial charge in [-0.2, -0.15) is 0 Å². The number of benzene rings is 1. The van der Waals surface area contributed by atoms with Crippen molar-refractivity contribution in [3.63, 3.8) is 0 Å². The molecule has 0 fully saturated rings. The van der Waals surface area contributed by atoms with E-state index in [1.807, 2.05) is 25.1 Å². The first-order valence-corrected chi connectivity index (χ1v) is 8.61. The number of methoxy groups -OCH3 is 1. The van der Waals surface area contributed by atoms with Gasteiger partial charge in [-0.3, -0.25) is 4.99 Å². The van der Waals surface area contributed by atoms with Gasteiger partial charge < -0.3 is 24.8 Å². The SMILES string of the molecule is CCCCOCCCNC(=NC)Nc1ccc(OC)c(OCC)c1.I. The molecule has 0 bridgehead atoms. The Labute approximate surface area is 168 Å². The molecule has 0 saturated heterocycles. The summed E-state index contributed by atoms with van der Waals surface area (Å²) in [5.74, 6) is 2.15. The van der Waals surface area contributed by atoms with Crippen LogP contribution in [0.3, 0.4) is 0 Å². The van der Waals surface area contributed by atoms with E-state index in [-0.39, 0.29) is 24.0 Å². The van der Waals surface area contributed by atoms with Crippen molar-refractivity contribution in [1.29, 1.82) is 0 Å². The summed E-state index contributed by atoms with van der Waals surface area (Å²) >= 11 is 0. The minimum Gasteiger partial charge on any atom is -0.493 e. The van der Waals surface area contributed by atoms with E-state index >= 15 is 0 Å². The van der Waals surface area contributed by atoms with Gasteiger partial charge in [-0.25, -0.2) is 0 Å². The summed E-state index contributed by atoms with van der Waals surface area (Å²) in [7, 11) is 3.38. The molecular formula is C18H32IN3O3. The number of rotatable bonds is 11. The normalized spacial score (nSPS) is 10.8. The lowest BCUT2D eigenvalue weighted by molar-refractivity contribution is 0.129. The van der Waals surface area contributed by atoms with Crippen LogP contribution in [0, 0.1) is 0 Å². The number of anilines is 1. The van der Waals surface area contributed by atoms with Crippen LogP contribution in [0.15, 0.2) is 23.2 Å². The average Bonchev–Trinajstić information content (AvgIpc) is 2.60. The van der Waals surface area contributed by atoms with Crippen LogP contribution in [0.2, 0.25) is 0 Å². The summed E-state index contributed by atoms with van der Waals surface area (Å²) in [5, 5.41) is 6.53. The van der Waals surface area contributed by atoms with Gasteiger partial charge >= 0.3 is 0 Å². The second-order valence-electron chi connectivity index (χ2n) is 5.24. The third-order valence-electron chi connectivity index (χ3n) is 3.35. The van der Waals surface area contributed by atoms with Crippen LogP contribution in [-0.2, 0) is 4.74 Å². The molecule has 0 radical (unpaired) electrons. The Morgan fingerprint density at radius 3 is 2.52 bits per heavy atom. The minimum atomic E-state index is 0. The third kappa shape index (κ3) is 9.74. The predicted molar refractivity (Wildman–Crippen MR) is 115 cm³/mol. The molecule has 0 saturated carbocycles. The molecule has 0 heterocycles. The highest BCUT2D eigenvalue weighted by Crippen LogP contribution is 2.30. The van der Waals surface area contributed by atoms with Crippen LogP contribution in [0.5, 0.6) is 11.5 Å². The van der Waals surface area contributed by atoms with Crippen LogP contribution in [0.1, 0.15) is 33.1 Å². The number of guanidine groups is 1. The van der Waals surface area contributed by atoms with Gasteiger partial charge in [0.1, 0.15) is 0 Å². The van der Waals surface area contributed by atoms with Gasteiger partial charge in [0.2, 0.25) is 0 Å². The number of nitrogens with zero attached hydrogens (tertiary/aromatic N) is 1. The molecule has 0 aliphatic rings. The first kappa shape index (κ1) is 23.8. The summed E-state index contributed by atoms with van der Waals surface area (Å²) in [6.45, 7) is 7.11. The van der Waals surface area contributed by atoms with Crippen molar-refractivity contribution in [3.05, 3.63) is 18.2 Å². The molecule has 0 aliphatic carbocycles. The first-order chi connectivity index (χ1) is 11.7. The molecule has 0 amide bonds. The zero-order valence-electron chi connectivity index (χ0n) is 15.8. The molecule has 144 valence electrons. The van der Waals surface area contributed by atoms with E-state index in [9.17, 15) is 0 Å². The van der Waals surface area contributed by atoms with Crippen molar-refractivity contribution in [1.82, 2.24) is 5.32 Å². The molecule has 1 aromatic carbocycles. The molecule has 1 aromatic rings. The van der Waals surface area contributed by atoms with Gasteiger partial charge in [0.25, 0.3) is 0 Å². The lowest BCUT2D eigenvalue weighted by Crippen LogP contribution is -2.31. The van der Waals surface area contributed by atoms with E-state index in [1.165, 1.54) is 6.42 Å². The number of ether oxygens (including phenoxy) is 3. The Kier molecular flexibility index (Phi) is 14.3. The fraction of sp³-hybridized carbons (Fsp3) is 0.611. The van der Waals surface area contributed by atoms with Gasteiger partial charge in [-0.15, -0.1) is 24.0 Å². The molecule has 0 atom stereocenters. The summed E-state index contributed by atoms with van der Waals surface area (Å²) in [5.41, 5.74) is 0.895. The topological polar surface area (TPSA) is 64.1 Å². The Morgan fingerprint density at radius 2 is 1.88 bits per heavy atom. The van der Waals surface area contributed by atoms with E-state index in [4.69, 9.17) is 14.2 Å². The van der Waals surface area contributed by atoms with Crippen molar-refractivity contribution < 1.29 is 14.2 Å². The molecule has 0 unspecified atom stereocenters. The molecular weight excluding hydrogens is 433 g/mol. The Morgan fingerprint density at radius 1 is 1.12 bits per heavy atom. The third-order valence-corrected chi connectivity index (χ3v) is 3.35. The van der Waals surface area contributed by atoms with Crippen LogP contribution in [-0.4, -0.2) is 46.5 Å². The Balaban J connectivity index is 0.00000576. The lowest BCUT2D eigenvalue weighted by atomic mass is 10.2. The summed E-state index contributed by atoms with van der Waals surface area (Å²) in [4.78, 5) is 4.23. The molecule has 7 heteroatoms. The lowest BCUT2D eigenvalue weighted by Gasteiger charge is -2.14. The zero-order valence-corrected chi connectivity index (χ0v) is 18.1. The van der Waals surface area contributed by atoms with Crippen molar-refractivity contribution in [2.45, 2.75) is 33.1 Å². The highest BCUT2D eigenvalue weighted by Gasteiger charge is 2.06. The molecule has 6 nitrogen and oxygen atoms in total. The van der Waals surface area contributed by atoms with Gasteiger partial charge in [0.15, 0.2) is 17.5 Å². The van der Waals surface area contributed by atoms with Crippen LogP contribution in [0.4, 0.5) is 5.69 Å². The Bertz CT molecular complexity index is 498. The maximum atomic E-state index is 5.59. The number of hydrogen-bond donors (Lipinski definition) is 2. The zero-order chi connectivity index (χ0) is 17.6. The Hall–Kier alpha value is -1.22. The maximum absolute atomic E-state index is 5.59. The van der Waals surface area contributed by atoms with Crippen molar-refractivity contribution in [2.24, 2.45) is 4.99 Å². The fourth-order valence-corrected chi connectivity index (χ4v) is 2.07. The van der Waals surface area contributed by atoms with E-state index < -0.39 is 0 Å². The molecule has 2 N–H and O–H groups in total.